The summed E-state index contributed by atoms with van der Waals surface area (Å²) in [6.07, 6.45) is 10.5. The van der Waals surface area contributed by atoms with Crippen LogP contribution >= 0.6 is 0 Å². The number of hydrogen-bond donors (Lipinski definition) is 0. The molecule has 0 bridgehead atoms. The van der Waals surface area contributed by atoms with E-state index >= 15 is 0 Å². The molecule has 0 rings (SSSR count). The minimum atomic E-state index is 0.467. The lowest BCUT2D eigenvalue weighted by Crippen LogP contribution is -1.93. The molecule has 14 heavy (non-hydrogen) atoms. The Hall–Kier alpha value is 0.0649. The Kier molecular flexibility index (Phi) is 9.66. The third kappa shape index (κ3) is 10.1. The van der Waals surface area contributed by atoms with Crippen molar-refractivity contribution in [3.05, 3.63) is 0 Å². The van der Waals surface area contributed by atoms with E-state index in [0.29, 0.717) is 5.82 Å². The van der Waals surface area contributed by atoms with Gasteiger partial charge < -0.3 is 0 Å². The molecule has 0 spiro atoms. The molecular formula is C13H27B. The average Bonchev–Trinajstić information content (AvgIpc) is 2.13. The number of rotatable bonds is 9. The first-order valence-corrected chi connectivity index (χ1v) is 6.42. The summed E-state index contributed by atoms with van der Waals surface area (Å²) in [6, 6.07) is 0. The highest BCUT2D eigenvalue weighted by Crippen LogP contribution is 2.19. The normalized spacial score (nSPS) is 13.4. The van der Waals surface area contributed by atoms with Gasteiger partial charge in [0.2, 0.25) is 0 Å². The zero-order valence-electron chi connectivity index (χ0n) is 10.4. The molecular weight excluding hydrogens is 167 g/mol. The van der Waals surface area contributed by atoms with Crippen molar-refractivity contribution >= 4 is 7.85 Å². The van der Waals surface area contributed by atoms with Gasteiger partial charge in [-0.1, -0.05) is 78.0 Å². The highest BCUT2D eigenvalue weighted by Gasteiger charge is 2.01. The molecule has 1 heteroatoms. The Morgan fingerprint density at radius 3 is 2.00 bits per heavy atom. The number of unbranched alkanes of at least 4 members (excludes halogenated alkanes) is 3. The van der Waals surface area contributed by atoms with E-state index in [1.165, 1.54) is 51.4 Å². The molecule has 82 valence electrons. The molecule has 0 aromatic carbocycles. The molecule has 0 aliphatic carbocycles. The van der Waals surface area contributed by atoms with Crippen LogP contribution < -0.4 is 0 Å². The van der Waals surface area contributed by atoms with Gasteiger partial charge in [0.05, 0.1) is 7.85 Å². The SMILES string of the molecule is [B]C(CCCC)CCCCCC(C)C. The van der Waals surface area contributed by atoms with Crippen LogP contribution in [0.2, 0.25) is 5.82 Å². The monoisotopic (exact) mass is 194 g/mol. The quantitative estimate of drug-likeness (QED) is 0.367. The zero-order valence-corrected chi connectivity index (χ0v) is 10.4. The van der Waals surface area contributed by atoms with Crippen molar-refractivity contribution in [1.82, 2.24) is 0 Å². The van der Waals surface area contributed by atoms with Crippen LogP contribution in [-0.4, -0.2) is 7.85 Å². The topological polar surface area (TPSA) is 0 Å². The van der Waals surface area contributed by atoms with Gasteiger partial charge in [0.15, 0.2) is 0 Å². The van der Waals surface area contributed by atoms with Crippen LogP contribution in [0.5, 0.6) is 0 Å². The molecule has 1 unspecified atom stereocenters. The molecule has 0 saturated carbocycles. The molecule has 2 radical (unpaired) electrons. The van der Waals surface area contributed by atoms with E-state index < -0.39 is 0 Å². The standard InChI is InChI=1S/C13H27B/c1-4-5-10-13(14)11-8-6-7-9-12(2)3/h12-13H,4-11H2,1-3H3. The fourth-order valence-electron chi connectivity index (χ4n) is 1.75. The van der Waals surface area contributed by atoms with Gasteiger partial charge in [-0.15, -0.1) is 0 Å². The van der Waals surface area contributed by atoms with E-state index in [1.807, 2.05) is 0 Å². The van der Waals surface area contributed by atoms with Gasteiger partial charge in [0, 0.05) is 0 Å². The van der Waals surface area contributed by atoms with E-state index in [9.17, 15) is 0 Å². The summed E-state index contributed by atoms with van der Waals surface area (Å²) in [5.74, 6) is 1.33. The van der Waals surface area contributed by atoms with Gasteiger partial charge in [-0.3, -0.25) is 0 Å². The Balaban J connectivity index is 3.10. The van der Waals surface area contributed by atoms with Crippen LogP contribution in [0, 0.1) is 5.92 Å². The molecule has 0 aliphatic rings. The van der Waals surface area contributed by atoms with Crippen molar-refractivity contribution in [2.75, 3.05) is 0 Å². The van der Waals surface area contributed by atoms with Crippen molar-refractivity contribution in [2.45, 2.75) is 78.0 Å². The Morgan fingerprint density at radius 1 is 0.857 bits per heavy atom. The maximum absolute atomic E-state index is 6.00. The molecule has 0 heterocycles. The molecule has 0 aliphatic heterocycles. The summed E-state index contributed by atoms with van der Waals surface area (Å²) < 4.78 is 0. The van der Waals surface area contributed by atoms with Gasteiger partial charge >= 0.3 is 0 Å². The average molecular weight is 194 g/mol. The van der Waals surface area contributed by atoms with Crippen LogP contribution in [0.15, 0.2) is 0 Å². The molecule has 0 saturated heterocycles. The molecule has 0 nitrogen and oxygen atoms in total. The second kappa shape index (κ2) is 9.61. The van der Waals surface area contributed by atoms with Gasteiger partial charge in [-0.05, 0) is 5.92 Å². The molecule has 0 N–H and O–H groups in total. The molecule has 0 aromatic heterocycles. The summed E-state index contributed by atoms with van der Waals surface area (Å²) in [4.78, 5) is 0. The fourth-order valence-corrected chi connectivity index (χ4v) is 1.75. The smallest absolute Gasteiger partial charge is 0.0699 e. The summed E-state index contributed by atoms with van der Waals surface area (Å²) >= 11 is 0. The van der Waals surface area contributed by atoms with Crippen molar-refractivity contribution in [1.29, 1.82) is 0 Å². The first kappa shape index (κ1) is 14.1. The van der Waals surface area contributed by atoms with E-state index in [0.717, 1.165) is 5.92 Å². The van der Waals surface area contributed by atoms with Crippen LogP contribution in [0.3, 0.4) is 0 Å². The lowest BCUT2D eigenvalue weighted by Gasteiger charge is -2.10. The lowest BCUT2D eigenvalue weighted by molar-refractivity contribution is 0.508. The second-order valence-corrected chi connectivity index (χ2v) is 4.93. The largest absolute Gasteiger partial charge is 0.0774 e. The Morgan fingerprint density at radius 2 is 1.43 bits per heavy atom. The molecule has 0 fully saturated rings. The van der Waals surface area contributed by atoms with Gasteiger partial charge in [-0.25, -0.2) is 0 Å². The number of hydrogen-bond acceptors (Lipinski definition) is 0. The predicted octanol–water partition coefficient (Wildman–Crippen LogP) is 4.74. The van der Waals surface area contributed by atoms with Crippen LogP contribution in [0.1, 0.15) is 72.1 Å². The van der Waals surface area contributed by atoms with Crippen molar-refractivity contribution < 1.29 is 0 Å². The molecule has 0 amide bonds. The summed E-state index contributed by atoms with van der Waals surface area (Å²) in [7, 11) is 6.00. The fraction of sp³-hybridized carbons (Fsp3) is 1.00. The minimum Gasteiger partial charge on any atom is -0.0774 e. The molecule has 1 atom stereocenters. The first-order valence-electron chi connectivity index (χ1n) is 6.42. The highest BCUT2D eigenvalue weighted by molar-refractivity contribution is 6.11. The van der Waals surface area contributed by atoms with E-state index in [4.69, 9.17) is 7.85 Å². The second-order valence-electron chi connectivity index (χ2n) is 4.93. The maximum Gasteiger partial charge on any atom is 0.0699 e. The maximum atomic E-state index is 6.00. The third-order valence-electron chi connectivity index (χ3n) is 2.78. The van der Waals surface area contributed by atoms with Crippen LogP contribution in [-0.2, 0) is 0 Å². The highest BCUT2D eigenvalue weighted by atomic mass is 14.0. The van der Waals surface area contributed by atoms with E-state index in [2.05, 4.69) is 20.8 Å². The van der Waals surface area contributed by atoms with Crippen LogP contribution in [0.25, 0.3) is 0 Å². The Labute approximate surface area is 92.3 Å². The van der Waals surface area contributed by atoms with Crippen molar-refractivity contribution in [3.8, 4) is 0 Å². The molecule has 0 aromatic rings. The minimum absolute atomic E-state index is 0.467. The summed E-state index contributed by atoms with van der Waals surface area (Å²) in [5.41, 5.74) is 0. The third-order valence-corrected chi connectivity index (χ3v) is 2.78. The van der Waals surface area contributed by atoms with Crippen LogP contribution in [0.4, 0.5) is 0 Å². The zero-order chi connectivity index (χ0) is 10.8. The van der Waals surface area contributed by atoms with E-state index in [-0.39, 0.29) is 0 Å². The van der Waals surface area contributed by atoms with Gasteiger partial charge in [0.25, 0.3) is 0 Å². The van der Waals surface area contributed by atoms with Gasteiger partial charge in [-0.2, -0.15) is 0 Å². The van der Waals surface area contributed by atoms with Crippen molar-refractivity contribution in [3.63, 3.8) is 0 Å². The first-order chi connectivity index (χ1) is 6.66. The summed E-state index contributed by atoms with van der Waals surface area (Å²) in [6.45, 7) is 6.83. The summed E-state index contributed by atoms with van der Waals surface area (Å²) in [5, 5.41) is 0. The van der Waals surface area contributed by atoms with E-state index in [1.54, 1.807) is 0 Å². The van der Waals surface area contributed by atoms with Gasteiger partial charge in [0.1, 0.15) is 0 Å². The predicted molar refractivity (Wildman–Crippen MR) is 67.0 cm³/mol. The lowest BCUT2D eigenvalue weighted by atomic mass is 9.79. The Bertz CT molecular complexity index is 110. The van der Waals surface area contributed by atoms with Crippen molar-refractivity contribution in [2.24, 2.45) is 5.92 Å².